The van der Waals surface area contributed by atoms with Crippen molar-refractivity contribution in [3.8, 4) is 0 Å². The second kappa shape index (κ2) is 5.25. The molecule has 0 saturated heterocycles. The van der Waals surface area contributed by atoms with Gasteiger partial charge in [0.1, 0.15) is 0 Å². The van der Waals surface area contributed by atoms with E-state index in [1.807, 2.05) is 48.8 Å². The van der Waals surface area contributed by atoms with E-state index in [2.05, 4.69) is 16.4 Å². The van der Waals surface area contributed by atoms with Crippen LogP contribution >= 0.6 is 0 Å². The molecule has 0 spiro atoms. The molecule has 2 heterocycles. The second-order valence-corrected chi connectivity index (χ2v) is 3.32. The summed E-state index contributed by atoms with van der Waals surface area (Å²) in [6.07, 6.45) is 7.73. The SMILES string of the molecule is [CH](CCc1ccccn1)c1ccccn1. The van der Waals surface area contributed by atoms with Crippen LogP contribution in [0.2, 0.25) is 0 Å². The topological polar surface area (TPSA) is 25.8 Å². The third-order valence-corrected chi connectivity index (χ3v) is 2.17. The van der Waals surface area contributed by atoms with Crippen LogP contribution in [0.5, 0.6) is 0 Å². The lowest BCUT2D eigenvalue weighted by Crippen LogP contribution is -1.91. The van der Waals surface area contributed by atoms with Crippen LogP contribution in [0.15, 0.2) is 48.8 Å². The fourth-order valence-electron chi connectivity index (χ4n) is 1.41. The van der Waals surface area contributed by atoms with E-state index in [-0.39, 0.29) is 0 Å². The Bertz CT molecular complexity index is 344. The third-order valence-electron chi connectivity index (χ3n) is 2.17. The quantitative estimate of drug-likeness (QED) is 0.753. The van der Waals surface area contributed by atoms with Crippen molar-refractivity contribution in [3.05, 3.63) is 66.6 Å². The van der Waals surface area contributed by atoms with Gasteiger partial charge in [-0.05, 0) is 37.1 Å². The van der Waals surface area contributed by atoms with E-state index in [0.29, 0.717) is 0 Å². The normalized spacial score (nSPS) is 10.1. The molecule has 15 heavy (non-hydrogen) atoms. The van der Waals surface area contributed by atoms with Gasteiger partial charge >= 0.3 is 0 Å². The van der Waals surface area contributed by atoms with Gasteiger partial charge in [-0.15, -0.1) is 0 Å². The summed E-state index contributed by atoms with van der Waals surface area (Å²) in [7, 11) is 0. The van der Waals surface area contributed by atoms with E-state index in [4.69, 9.17) is 0 Å². The lowest BCUT2D eigenvalue weighted by atomic mass is 10.1. The van der Waals surface area contributed by atoms with E-state index in [0.717, 1.165) is 24.2 Å². The van der Waals surface area contributed by atoms with Crippen LogP contribution in [0.4, 0.5) is 0 Å². The minimum Gasteiger partial charge on any atom is -0.261 e. The lowest BCUT2D eigenvalue weighted by Gasteiger charge is -1.99. The maximum Gasteiger partial charge on any atom is 0.0441 e. The van der Waals surface area contributed by atoms with Gasteiger partial charge in [-0.1, -0.05) is 12.1 Å². The van der Waals surface area contributed by atoms with Crippen LogP contribution in [0.3, 0.4) is 0 Å². The Hall–Kier alpha value is -1.70. The molecule has 0 amide bonds. The van der Waals surface area contributed by atoms with Gasteiger partial charge < -0.3 is 0 Å². The molecule has 0 unspecified atom stereocenters. The van der Waals surface area contributed by atoms with Crippen molar-refractivity contribution in [1.82, 2.24) is 9.97 Å². The highest BCUT2D eigenvalue weighted by Gasteiger charge is 1.96. The Balaban J connectivity index is 1.81. The van der Waals surface area contributed by atoms with Crippen molar-refractivity contribution in [1.29, 1.82) is 0 Å². The molecule has 2 nitrogen and oxygen atoms in total. The van der Waals surface area contributed by atoms with Crippen molar-refractivity contribution in [2.75, 3.05) is 0 Å². The Morgan fingerprint density at radius 3 is 2.40 bits per heavy atom. The van der Waals surface area contributed by atoms with Gasteiger partial charge in [-0.2, -0.15) is 0 Å². The van der Waals surface area contributed by atoms with Crippen molar-refractivity contribution in [2.45, 2.75) is 12.8 Å². The summed E-state index contributed by atoms with van der Waals surface area (Å²) in [5.41, 5.74) is 2.16. The summed E-state index contributed by atoms with van der Waals surface area (Å²) in [5, 5.41) is 0. The zero-order chi connectivity index (χ0) is 10.3. The number of rotatable bonds is 4. The summed E-state index contributed by atoms with van der Waals surface area (Å²) < 4.78 is 0. The number of nitrogens with zero attached hydrogens (tertiary/aromatic N) is 2. The molecule has 0 bridgehead atoms. The molecule has 2 heteroatoms. The van der Waals surface area contributed by atoms with E-state index < -0.39 is 0 Å². The minimum absolute atomic E-state index is 0.970. The van der Waals surface area contributed by atoms with Crippen LogP contribution in [0.1, 0.15) is 17.8 Å². The Kier molecular flexibility index (Phi) is 3.44. The standard InChI is InChI=1S/C13H13N2/c1-3-10-14-12(6-1)8-5-9-13-7-2-4-11-15-13/h1-4,6-8,10-11H,5,9H2. The molecule has 0 saturated carbocycles. The van der Waals surface area contributed by atoms with Gasteiger partial charge in [-0.3, -0.25) is 9.97 Å². The van der Waals surface area contributed by atoms with Crippen LogP contribution < -0.4 is 0 Å². The van der Waals surface area contributed by atoms with E-state index in [1.54, 1.807) is 0 Å². The number of hydrogen-bond donors (Lipinski definition) is 0. The van der Waals surface area contributed by atoms with Crippen LogP contribution in [-0.4, -0.2) is 9.97 Å². The Morgan fingerprint density at radius 2 is 1.73 bits per heavy atom. The first-order valence-electron chi connectivity index (χ1n) is 5.09. The molecular formula is C13H13N2. The molecular weight excluding hydrogens is 184 g/mol. The molecule has 0 fully saturated rings. The van der Waals surface area contributed by atoms with E-state index in [1.165, 1.54) is 0 Å². The second-order valence-electron chi connectivity index (χ2n) is 3.32. The Morgan fingerprint density at radius 1 is 0.933 bits per heavy atom. The van der Waals surface area contributed by atoms with E-state index in [9.17, 15) is 0 Å². The number of hydrogen-bond acceptors (Lipinski definition) is 2. The predicted octanol–water partition coefficient (Wildman–Crippen LogP) is 2.66. The molecule has 0 aliphatic heterocycles. The minimum atomic E-state index is 0.970. The molecule has 2 aromatic rings. The highest BCUT2D eigenvalue weighted by Crippen LogP contribution is 2.05. The molecule has 0 aliphatic carbocycles. The average molecular weight is 197 g/mol. The predicted molar refractivity (Wildman–Crippen MR) is 60.2 cm³/mol. The van der Waals surface area contributed by atoms with Gasteiger partial charge in [0.25, 0.3) is 0 Å². The third kappa shape index (κ3) is 3.17. The van der Waals surface area contributed by atoms with Crippen molar-refractivity contribution in [2.24, 2.45) is 0 Å². The smallest absolute Gasteiger partial charge is 0.0441 e. The van der Waals surface area contributed by atoms with Crippen LogP contribution in [-0.2, 0) is 6.42 Å². The summed E-state index contributed by atoms with van der Waals surface area (Å²) in [6, 6.07) is 11.9. The number of pyridine rings is 2. The fourth-order valence-corrected chi connectivity index (χ4v) is 1.41. The molecule has 75 valence electrons. The monoisotopic (exact) mass is 197 g/mol. The van der Waals surface area contributed by atoms with Gasteiger partial charge in [0.05, 0.1) is 0 Å². The number of aryl methyl sites for hydroxylation is 1. The molecule has 1 radical (unpaired) electrons. The molecule has 0 N–H and O–H groups in total. The van der Waals surface area contributed by atoms with Crippen molar-refractivity contribution >= 4 is 0 Å². The van der Waals surface area contributed by atoms with Crippen LogP contribution in [0.25, 0.3) is 0 Å². The maximum atomic E-state index is 4.27. The van der Waals surface area contributed by atoms with Crippen molar-refractivity contribution < 1.29 is 0 Å². The largest absolute Gasteiger partial charge is 0.261 e. The zero-order valence-electron chi connectivity index (χ0n) is 8.50. The number of aromatic nitrogens is 2. The fraction of sp³-hybridized carbons (Fsp3) is 0.154. The molecule has 2 rings (SSSR count). The summed E-state index contributed by atoms with van der Waals surface area (Å²) in [4.78, 5) is 8.50. The lowest BCUT2D eigenvalue weighted by molar-refractivity contribution is 0.896. The van der Waals surface area contributed by atoms with Gasteiger partial charge in [0, 0.05) is 30.2 Å². The summed E-state index contributed by atoms with van der Waals surface area (Å²) in [5.74, 6) is 0. The maximum absolute atomic E-state index is 4.27. The molecule has 0 aliphatic rings. The highest BCUT2D eigenvalue weighted by atomic mass is 14.7. The van der Waals surface area contributed by atoms with Gasteiger partial charge in [0.2, 0.25) is 0 Å². The highest BCUT2D eigenvalue weighted by molar-refractivity contribution is 5.13. The first-order chi connectivity index (χ1) is 7.45. The molecule has 0 atom stereocenters. The summed E-state index contributed by atoms with van der Waals surface area (Å²) >= 11 is 0. The van der Waals surface area contributed by atoms with Crippen LogP contribution in [0, 0.1) is 6.42 Å². The van der Waals surface area contributed by atoms with Crippen molar-refractivity contribution in [3.63, 3.8) is 0 Å². The first-order valence-corrected chi connectivity index (χ1v) is 5.09. The van der Waals surface area contributed by atoms with Gasteiger partial charge in [-0.25, -0.2) is 0 Å². The van der Waals surface area contributed by atoms with Gasteiger partial charge in [0.15, 0.2) is 0 Å². The molecule has 2 aromatic heterocycles. The zero-order valence-corrected chi connectivity index (χ0v) is 8.50. The average Bonchev–Trinajstić information content (AvgIpc) is 2.32. The summed E-state index contributed by atoms with van der Waals surface area (Å²) in [6.45, 7) is 0. The molecule has 0 aromatic carbocycles. The first kappa shape index (κ1) is 9.84. The van der Waals surface area contributed by atoms with E-state index >= 15 is 0 Å². The Labute approximate surface area is 90.0 Å².